The number of aldehydes is 1. The zero-order valence-corrected chi connectivity index (χ0v) is 14.6. The van der Waals surface area contributed by atoms with E-state index in [1.54, 1.807) is 12.1 Å². The number of rotatable bonds is 5. The highest BCUT2D eigenvalue weighted by Gasteiger charge is 2.20. The van der Waals surface area contributed by atoms with Crippen molar-refractivity contribution in [2.24, 2.45) is 5.73 Å². The minimum Gasteiger partial charge on any atom is -0.505 e. The maximum absolute atomic E-state index is 14.6. The summed E-state index contributed by atoms with van der Waals surface area (Å²) in [6.07, 6.45) is 0.540. The lowest BCUT2D eigenvalue weighted by Gasteiger charge is -2.18. The van der Waals surface area contributed by atoms with Crippen LogP contribution in [0.2, 0.25) is 5.02 Å². The van der Waals surface area contributed by atoms with Crippen molar-refractivity contribution in [2.75, 3.05) is 6.54 Å². The van der Waals surface area contributed by atoms with Gasteiger partial charge < -0.3 is 10.8 Å². The van der Waals surface area contributed by atoms with E-state index >= 15 is 0 Å². The first-order valence-electron chi connectivity index (χ1n) is 8.08. The fourth-order valence-electron chi connectivity index (χ4n) is 3.05. The van der Waals surface area contributed by atoms with Gasteiger partial charge in [0, 0.05) is 34.2 Å². The third-order valence-electron chi connectivity index (χ3n) is 4.38. The maximum Gasteiger partial charge on any atom is 0.173 e. The molecule has 26 heavy (non-hydrogen) atoms. The summed E-state index contributed by atoms with van der Waals surface area (Å²) in [5.41, 5.74) is 8.28. The van der Waals surface area contributed by atoms with E-state index in [4.69, 9.17) is 17.3 Å². The molecule has 1 atom stereocenters. The van der Waals surface area contributed by atoms with Gasteiger partial charge in [0.2, 0.25) is 0 Å². The van der Waals surface area contributed by atoms with Crippen LogP contribution < -0.4 is 5.73 Å². The molecular weight excluding hydrogens is 353 g/mol. The minimum absolute atomic E-state index is 0.0179. The van der Waals surface area contributed by atoms with Crippen LogP contribution in [0.3, 0.4) is 0 Å². The van der Waals surface area contributed by atoms with E-state index < -0.39 is 11.6 Å². The van der Waals surface area contributed by atoms with Gasteiger partial charge in [0.1, 0.15) is 0 Å². The van der Waals surface area contributed by atoms with Crippen LogP contribution in [-0.4, -0.2) is 17.9 Å². The summed E-state index contributed by atoms with van der Waals surface area (Å²) in [6, 6.07) is 17.4. The smallest absolute Gasteiger partial charge is 0.173 e. The second kappa shape index (κ2) is 7.68. The van der Waals surface area contributed by atoms with E-state index in [9.17, 15) is 14.3 Å². The molecule has 0 spiro atoms. The fourth-order valence-corrected chi connectivity index (χ4v) is 3.27. The van der Waals surface area contributed by atoms with Gasteiger partial charge >= 0.3 is 0 Å². The predicted octanol–water partition coefficient (Wildman–Crippen LogP) is 4.75. The van der Waals surface area contributed by atoms with Crippen LogP contribution in [0.25, 0.3) is 11.1 Å². The molecule has 0 aliphatic heterocycles. The Kier molecular flexibility index (Phi) is 5.35. The number of nitrogens with two attached hydrogens (primary N) is 1. The number of carbonyl (C=O) groups is 1. The van der Waals surface area contributed by atoms with E-state index in [1.807, 2.05) is 36.4 Å². The van der Waals surface area contributed by atoms with E-state index in [0.29, 0.717) is 18.4 Å². The van der Waals surface area contributed by atoms with Gasteiger partial charge in [-0.15, -0.1) is 0 Å². The molecule has 0 radical (unpaired) electrons. The van der Waals surface area contributed by atoms with Crippen molar-refractivity contribution in [1.29, 1.82) is 0 Å². The number of benzene rings is 3. The molecule has 3 aromatic carbocycles. The zero-order valence-electron chi connectivity index (χ0n) is 13.8. The molecule has 3 nitrogen and oxygen atoms in total. The average Bonchev–Trinajstić information content (AvgIpc) is 2.67. The molecule has 0 saturated carbocycles. The van der Waals surface area contributed by atoms with Gasteiger partial charge in [0.05, 0.1) is 0 Å². The molecular formula is C21H17ClFNO2. The van der Waals surface area contributed by atoms with Crippen molar-refractivity contribution in [1.82, 2.24) is 0 Å². The molecule has 3 aromatic rings. The Morgan fingerprint density at radius 3 is 2.46 bits per heavy atom. The van der Waals surface area contributed by atoms with Crippen LogP contribution >= 0.6 is 11.6 Å². The van der Waals surface area contributed by atoms with Crippen molar-refractivity contribution in [3.63, 3.8) is 0 Å². The standard InChI is InChI=1S/C21H17ClFNO2/c22-18-8-6-14(17(11-24)13-4-2-1-3-5-13)10-16(18)20-15(12-25)7-9-19(26)21(20)23/h1-10,12,17,26H,11,24H2. The highest BCUT2D eigenvalue weighted by molar-refractivity contribution is 6.33. The third kappa shape index (κ3) is 3.34. The van der Waals surface area contributed by atoms with Crippen LogP contribution in [0, 0.1) is 5.82 Å². The molecule has 0 aromatic heterocycles. The number of phenolic OH excluding ortho intramolecular Hbond substituents is 1. The molecule has 0 bridgehead atoms. The Morgan fingerprint density at radius 1 is 1.08 bits per heavy atom. The van der Waals surface area contributed by atoms with E-state index in [-0.39, 0.29) is 22.1 Å². The summed E-state index contributed by atoms with van der Waals surface area (Å²) < 4.78 is 14.6. The highest BCUT2D eigenvalue weighted by atomic mass is 35.5. The normalized spacial score (nSPS) is 12.0. The molecule has 1 unspecified atom stereocenters. The van der Waals surface area contributed by atoms with Crippen molar-refractivity contribution in [3.8, 4) is 16.9 Å². The van der Waals surface area contributed by atoms with Crippen molar-refractivity contribution < 1.29 is 14.3 Å². The molecule has 0 saturated heterocycles. The SMILES string of the molecule is NCC(c1ccccc1)c1ccc(Cl)c(-c2c(C=O)ccc(O)c2F)c1. The lowest BCUT2D eigenvalue weighted by atomic mass is 9.88. The second-order valence-electron chi connectivity index (χ2n) is 5.92. The molecule has 0 fully saturated rings. The van der Waals surface area contributed by atoms with E-state index in [2.05, 4.69) is 0 Å². The first-order chi connectivity index (χ1) is 12.6. The number of halogens is 2. The largest absolute Gasteiger partial charge is 0.505 e. The lowest BCUT2D eigenvalue weighted by molar-refractivity contribution is 0.112. The molecule has 0 aliphatic rings. The number of aromatic hydroxyl groups is 1. The van der Waals surface area contributed by atoms with Crippen LogP contribution in [0.5, 0.6) is 5.75 Å². The quantitative estimate of drug-likeness (QED) is 0.637. The average molecular weight is 370 g/mol. The van der Waals surface area contributed by atoms with Crippen molar-refractivity contribution >= 4 is 17.9 Å². The molecule has 3 rings (SSSR count). The number of hydrogen-bond donors (Lipinski definition) is 2. The van der Waals surface area contributed by atoms with E-state index in [0.717, 1.165) is 17.2 Å². The lowest BCUT2D eigenvalue weighted by Crippen LogP contribution is -2.14. The number of phenols is 1. The van der Waals surface area contributed by atoms with Gasteiger partial charge in [-0.05, 0) is 35.4 Å². The topological polar surface area (TPSA) is 63.3 Å². The predicted molar refractivity (Wildman–Crippen MR) is 101 cm³/mol. The second-order valence-corrected chi connectivity index (χ2v) is 6.33. The maximum atomic E-state index is 14.6. The van der Waals surface area contributed by atoms with Gasteiger partial charge in [0.15, 0.2) is 17.9 Å². The van der Waals surface area contributed by atoms with Gasteiger partial charge in [-0.1, -0.05) is 48.0 Å². The van der Waals surface area contributed by atoms with Crippen LogP contribution in [0.1, 0.15) is 27.4 Å². The first kappa shape index (κ1) is 18.1. The summed E-state index contributed by atoms with van der Waals surface area (Å²) in [7, 11) is 0. The molecule has 3 N–H and O–H groups in total. The number of hydrogen-bond acceptors (Lipinski definition) is 3. The molecule has 0 aliphatic carbocycles. The van der Waals surface area contributed by atoms with Gasteiger partial charge in [-0.25, -0.2) is 4.39 Å². The van der Waals surface area contributed by atoms with Gasteiger partial charge in [-0.2, -0.15) is 0 Å². The monoisotopic (exact) mass is 369 g/mol. The zero-order chi connectivity index (χ0) is 18.7. The Bertz CT molecular complexity index is 944. The Balaban J connectivity index is 2.19. The summed E-state index contributed by atoms with van der Waals surface area (Å²) in [5.74, 6) is -1.52. The molecule has 0 heterocycles. The first-order valence-corrected chi connectivity index (χ1v) is 8.46. The third-order valence-corrected chi connectivity index (χ3v) is 4.71. The van der Waals surface area contributed by atoms with Crippen molar-refractivity contribution in [3.05, 3.63) is 88.2 Å². The summed E-state index contributed by atoms with van der Waals surface area (Å²) in [5, 5.41) is 10.0. The van der Waals surface area contributed by atoms with Crippen molar-refractivity contribution in [2.45, 2.75) is 5.92 Å². The summed E-state index contributed by atoms with van der Waals surface area (Å²) in [4.78, 5) is 11.4. The fraction of sp³-hybridized carbons (Fsp3) is 0.0952. The Hall–Kier alpha value is -2.69. The van der Waals surface area contributed by atoms with Gasteiger partial charge in [-0.3, -0.25) is 4.79 Å². The van der Waals surface area contributed by atoms with Gasteiger partial charge in [0.25, 0.3) is 0 Å². The highest BCUT2D eigenvalue weighted by Crippen LogP contribution is 2.38. The van der Waals surface area contributed by atoms with Crippen LogP contribution in [0.4, 0.5) is 4.39 Å². The molecule has 132 valence electrons. The Morgan fingerprint density at radius 2 is 1.81 bits per heavy atom. The minimum atomic E-state index is -0.877. The van der Waals surface area contributed by atoms with Crippen LogP contribution in [0.15, 0.2) is 60.7 Å². The molecule has 5 heteroatoms. The summed E-state index contributed by atoms with van der Waals surface area (Å²) >= 11 is 6.28. The number of carbonyl (C=O) groups excluding carboxylic acids is 1. The van der Waals surface area contributed by atoms with Crippen LogP contribution in [-0.2, 0) is 0 Å². The summed E-state index contributed by atoms with van der Waals surface area (Å²) in [6.45, 7) is 0.355. The molecule has 0 amide bonds. The van der Waals surface area contributed by atoms with E-state index in [1.165, 1.54) is 6.07 Å². The Labute approximate surface area is 155 Å².